The molecule has 2 saturated heterocycles. The van der Waals surface area contributed by atoms with Crippen LogP contribution in [0.5, 0.6) is 5.75 Å². The lowest BCUT2D eigenvalue weighted by molar-refractivity contribution is -0.140. The first kappa shape index (κ1) is 19.9. The Morgan fingerprint density at radius 3 is 2.47 bits per heavy atom. The van der Waals surface area contributed by atoms with E-state index in [4.69, 9.17) is 21.1 Å². The first-order valence-corrected chi connectivity index (χ1v) is 11.4. The van der Waals surface area contributed by atoms with Crippen molar-refractivity contribution < 1.29 is 14.3 Å². The lowest BCUT2D eigenvalue weighted by Crippen LogP contribution is -2.49. The third kappa shape index (κ3) is 3.61. The molecule has 1 aliphatic carbocycles. The number of hydrogen-bond donors (Lipinski definition) is 0. The summed E-state index contributed by atoms with van der Waals surface area (Å²) in [6.07, 6.45) is 3.84. The molecule has 4 nitrogen and oxygen atoms in total. The Morgan fingerprint density at radius 2 is 1.73 bits per heavy atom. The Morgan fingerprint density at radius 1 is 1.00 bits per heavy atom. The van der Waals surface area contributed by atoms with Crippen LogP contribution < -0.4 is 4.74 Å². The van der Waals surface area contributed by atoms with E-state index in [0.29, 0.717) is 30.1 Å². The topological polar surface area (TPSA) is 38.8 Å². The Balaban J connectivity index is 1.35. The maximum atomic E-state index is 13.9. The van der Waals surface area contributed by atoms with Crippen molar-refractivity contribution in [1.82, 2.24) is 4.90 Å². The predicted octanol–water partition coefficient (Wildman–Crippen LogP) is 4.70. The maximum Gasteiger partial charge on any atom is 0.233 e. The molecule has 0 spiro atoms. The highest BCUT2D eigenvalue weighted by Gasteiger charge is 2.50. The van der Waals surface area contributed by atoms with E-state index in [-0.39, 0.29) is 12.0 Å². The molecule has 0 N–H and O–H groups in total. The summed E-state index contributed by atoms with van der Waals surface area (Å²) in [7, 11) is 0. The fourth-order valence-electron chi connectivity index (χ4n) is 5.62. The average Bonchev–Trinajstić information content (AvgIpc) is 3.37. The summed E-state index contributed by atoms with van der Waals surface area (Å²) >= 11 is 6.12. The van der Waals surface area contributed by atoms with Crippen molar-refractivity contribution >= 4 is 17.5 Å². The fraction of sp³-hybridized carbons (Fsp3) is 0.480. The zero-order chi connectivity index (χ0) is 20.6. The van der Waals surface area contributed by atoms with Crippen molar-refractivity contribution in [2.45, 2.75) is 37.2 Å². The number of halogens is 1. The van der Waals surface area contributed by atoms with E-state index in [0.717, 1.165) is 50.1 Å². The van der Waals surface area contributed by atoms with Crippen LogP contribution in [0.3, 0.4) is 0 Å². The summed E-state index contributed by atoms with van der Waals surface area (Å²) < 4.78 is 11.9. The van der Waals surface area contributed by atoms with Crippen LogP contribution in [-0.2, 0) is 14.9 Å². The van der Waals surface area contributed by atoms with Gasteiger partial charge >= 0.3 is 0 Å². The van der Waals surface area contributed by atoms with Crippen molar-refractivity contribution in [3.05, 3.63) is 65.2 Å². The van der Waals surface area contributed by atoms with E-state index in [2.05, 4.69) is 4.90 Å². The highest BCUT2D eigenvalue weighted by molar-refractivity contribution is 6.30. The molecule has 2 aromatic rings. The second-order valence-electron chi connectivity index (χ2n) is 8.88. The largest absolute Gasteiger partial charge is 0.490 e. The molecule has 2 aromatic carbocycles. The number of benzene rings is 2. The van der Waals surface area contributed by atoms with Crippen LogP contribution in [0.1, 0.15) is 31.2 Å². The molecule has 3 atom stereocenters. The summed E-state index contributed by atoms with van der Waals surface area (Å²) in [4.78, 5) is 16.0. The van der Waals surface area contributed by atoms with Gasteiger partial charge in [-0.25, -0.2) is 0 Å². The smallest absolute Gasteiger partial charge is 0.233 e. The van der Waals surface area contributed by atoms with Gasteiger partial charge in [-0.2, -0.15) is 0 Å². The van der Waals surface area contributed by atoms with E-state index < -0.39 is 5.41 Å². The molecule has 1 amide bonds. The zero-order valence-corrected chi connectivity index (χ0v) is 17.9. The van der Waals surface area contributed by atoms with Gasteiger partial charge in [-0.15, -0.1) is 0 Å². The van der Waals surface area contributed by atoms with E-state index in [9.17, 15) is 4.79 Å². The lowest BCUT2D eigenvalue weighted by atomic mass is 9.73. The number of fused-ring (bicyclic) bond motifs is 1. The number of hydrogen-bond acceptors (Lipinski definition) is 3. The number of carbonyl (C=O) groups is 1. The minimum Gasteiger partial charge on any atom is -0.490 e. The zero-order valence-electron chi connectivity index (χ0n) is 17.1. The molecule has 3 aliphatic rings. The van der Waals surface area contributed by atoms with Gasteiger partial charge in [0.15, 0.2) is 0 Å². The molecule has 0 unspecified atom stereocenters. The number of rotatable bonds is 4. The molecule has 158 valence electrons. The molecule has 2 heterocycles. The van der Waals surface area contributed by atoms with Crippen molar-refractivity contribution in [2.75, 3.05) is 26.3 Å². The second kappa shape index (κ2) is 8.24. The van der Waals surface area contributed by atoms with Crippen LogP contribution >= 0.6 is 11.6 Å². The summed E-state index contributed by atoms with van der Waals surface area (Å²) in [6, 6.07) is 17.9. The molecule has 0 aromatic heterocycles. The van der Waals surface area contributed by atoms with Crippen molar-refractivity contribution in [2.24, 2.45) is 11.8 Å². The highest BCUT2D eigenvalue weighted by atomic mass is 35.5. The quantitative estimate of drug-likeness (QED) is 0.712. The molecule has 0 radical (unpaired) electrons. The standard InChI is InChI=1S/C25H28ClNO3/c26-20-9-7-19(8-10-20)25(12-14-29-15-13-25)24(28)27-16-18-6-11-23(22(18)17-27)30-21-4-2-1-3-5-21/h1-5,7-10,18,22-23H,6,11-17H2/t18-,22+,23-/m0/s1. The number of likely N-dealkylation sites (tertiary alicyclic amines) is 1. The number of ether oxygens (including phenoxy) is 2. The van der Waals surface area contributed by atoms with Crippen molar-refractivity contribution in [3.63, 3.8) is 0 Å². The third-order valence-corrected chi connectivity index (χ3v) is 7.51. The predicted molar refractivity (Wildman–Crippen MR) is 117 cm³/mol. The van der Waals surface area contributed by atoms with Gasteiger partial charge in [-0.1, -0.05) is 41.9 Å². The highest BCUT2D eigenvalue weighted by Crippen LogP contribution is 2.44. The first-order chi connectivity index (χ1) is 14.7. The molecule has 5 heteroatoms. The van der Waals surface area contributed by atoms with E-state index in [1.165, 1.54) is 0 Å². The normalized spacial score (nSPS) is 27.6. The Kier molecular flexibility index (Phi) is 5.46. The molecular weight excluding hydrogens is 398 g/mol. The number of carbonyl (C=O) groups excluding carboxylic acids is 1. The minimum absolute atomic E-state index is 0.191. The van der Waals surface area contributed by atoms with Gasteiger partial charge in [-0.3, -0.25) is 4.79 Å². The van der Waals surface area contributed by atoms with Crippen LogP contribution in [0.25, 0.3) is 0 Å². The van der Waals surface area contributed by atoms with Gasteiger partial charge in [0.1, 0.15) is 11.9 Å². The monoisotopic (exact) mass is 425 g/mol. The van der Waals surface area contributed by atoms with Crippen LogP contribution in [0.15, 0.2) is 54.6 Å². The number of amides is 1. The van der Waals surface area contributed by atoms with E-state index >= 15 is 0 Å². The summed E-state index contributed by atoms with van der Waals surface area (Å²) in [5.74, 6) is 2.12. The Labute approximate surface area is 183 Å². The molecule has 2 aliphatic heterocycles. The van der Waals surface area contributed by atoms with Crippen molar-refractivity contribution in [1.29, 1.82) is 0 Å². The van der Waals surface area contributed by atoms with Gasteiger partial charge in [0.05, 0.1) is 5.41 Å². The number of nitrogens with zero attached hydrogens (tertiary/aromatic N) is 1. The van der Waals surface area contributed by atoms with Crippen LogP contribution in [0, 0.1) is 11.8 Å². The molecule has 30 heavy (non-hydrogen) atoms. The molecular formula is C25H28ClNO3. The summed E-state index contributed by atoms with van der Waals surface area (Å²) in [6.45, 7) is 2.87. The summed E-state index contributed by atoms with van der Waals surface area (Å²) in [5, 5.41) is 0.699. The van der Waals surface area contributed by atoms with Gasteiger partial charge in [0, 0.05) is 37.2 Å². The minimum atomic E-state index is -0.503. The second-order valence-corrected chi connectivity index (χ2v) is 9.32. The van der Waals surface area contributed by atoms with Gasteiger partial charge in [0.2, 0.25) is 5.91 Å². The van der Waals surface area contributed by atoms with Gasteiger partial charge < -0.3 is 14.4 Å². The SMILES string of the molecule is O=C(N1C[C@@H]2CC[C@H](Oc3ccccc3)[C@@H]2C1)C1(c2ccc(Cl)cc2)CCOCC1. The van der Waals surface area contributed by atoms with E-state index in [1.807, 2.05) is 54.6 Å². The van der Waals surface area contributed by atoms with Crippen LogP contribution in [0.2, 0.25) is 5.02 Å². The van der Waals surface area contributed by atoms with Crippen LogP contribution in [-0.4, -0.2) is 43.2 Å². The average molecular weight is 426 g/mol. The van der Waals surface area contributed by atoms with Crippen LogP contribution in [0.4, 0.5) is 0 Å². The van der Waals surface area contributed by atoms with Gasteiger partial charge in [0.25, 0.3) is 0 Å². The molecule has 5 rings (SSSR count). The van der Waals surface area contributed by atoms with E-state index in [1.54, 1.807) is 0 Å². The molecule has 3 fully saturated rings. The first-order valence-electron chi connectivity index (χ1n) is 11.0. The molecule has 1 saturated carbocycles. The third-order valence-electron chi connectivity index (χ3n) is 7.26. The maximum absolute atomic E-state index is 13.9. The van der Waals surface area contributed by atoms with Gasteiger partial charge in [-0.05, 0) is 61.4 Å². The number of para-hydroxylation sites is 1. The lowest BCUT2D eigenvalue weighted by Gasteiger charge is -2.39. The van der Waals surface area contributed by atoms with Crippen molar-refractivity contribution in [3.8, 4) is 5.75 Å². The summed E-state index contributed by atoms with van der Waals surface area (Å²) in [5.41, 5.74) is 0.561. The fourth-order valence-corrected chi connectivity index (χ4v) is 5.74. The molecule has 0 bridgehead atoms. The Bertz CT molecular complexity index is 879. The Hall–Kier alpha value is -2.04.